The molecule has 8 nitrogen and oxygen atoms in total. The molecule has 1 aromatic carbocycles. The third-order valence-corrected chi connectivity index (χ3v) is 5.41. The highest BCUT2D eigenvalue weighted by Gasteiger charge is 2.24. The quantitative estimate of drug-likeness (QED) is 0.643. The number of anilines is 1. The molecule has 0 radical (unpaired) electrons. The Bertz CT molecular complexity index is 1020. The molecule has 4 rings (SSSR count). The van der Waals surface area contributed by atoms with Crippen molar-refractivity contribution in [1.29, 1.82) is 0 Å². The number of hydrogen-bond donors (Lipinski definition) is 1. The summed E-state index contributed by atoms with van der Waals surface area (Å²) in [6.07, 6.45) is 4.30. The van der Waals surface area contributed by atoms with E-state index < -0.39 is 0 Å². The molecule has 3 heterocycles. The van der Waals surface area contributed by atoms with Crippen molar-refractivity contribution in [3.63, 3.8) is 0 Å². The highest BCUT2D eigenvalue weighted by Crippen LogP contribution is 2.21. The summed E-state index contributed by atoms with van der Waals surface area (Å²) in [5, 5.41) is 11.6. The van der Waals surface area contributed by atoms with Gasteiger partial charge in [0.1, 0.15) is 6.61 Å². The minimum atomic E-state index is -0.363. The molecule has 0 aliphatic carbocycles. The molecular weight excluding hydrogens is 390 g/mol. The van der Waals surface area contributed by atoms with Gasteiger partial charge < -0.3 is 10.1 Å². The first-order valence-electron chi connectivity index (χ1n) is 9.31. The molecule has 1 fully saturated rings. The summed E-state index contributed by atoms with van der Waals surface area (Å²) in [6.45, 7) is 0.894. The van der Waals surface area contributed by atoms with Gasteiger partial charge in [-0.05, 0) is 54.8 Å². The van der Waals surface area contributed by atoms with Crippen LogP contribution in [-0.2, 0) is 4.74 Å². The maximum Gasteiger partial charge on any atom is 0.414 e. The van der Waals surface area contributed by atoms with Crippen molar-refractivity contribution in [3.05, 3.63) is 60.0 Å². The van der Waals surface area contributed by atoms with E-state index >= 15 is 0 Å². The van der Waals surface area contributed by atoms with E-state index in [2.05, 4.69) is 15.5 Å². The number of thioether (sulfide) groups is 1. The van der Waals surface area contributed by atoms with Gasteiger partial charge in [-0.1, -0.05) is 6.07 Å². The molecule has 150 valence electrons. The molecule has 1 saturated heterocycles. The van der Waals surface area contributed by atoms with Crippen LogP contribution in [0.3, 0.4) is 0 Å². The fraction of sp³-hybridized carbons (Fsp3) is 0.300. The van der Waals surface area contributed by atoms with Gasteiger partial charge in [-0.15, -0.1) is 10.2 Å². The lowest BCUT2D eigenvalue weighted by molar-refractivity contribution is 0.0933. The Morgan fingerprint density at radius 3 is 2.79 bits per heavy atom. The van der Waals surface area contributed by atoms with Crippen LogP contribution in [0.5, 0.6) is 0 Å². The lowest BCUT2D eigenvalue weighted by atomic mass is 10.1. The Labute approximate surface area is 172 Å². The minimum absolute atomic E-state index is 0.195. The van der Waals surface area contributed by atoms with Crippen LogP contribution in [0.15, 0.2) is 48.7 Å². The Morgan fingerprint density at radius 2 is 2.07 bits per heavy atom. The topological polar surface area (TPSA) is 88.8 Å². The van der Waals surface area contributed by atoms with Gasteiger partial charge in [0.25, 0.3) is 5.91 Å². The summed E-state index contributed by atoms with van der Waals surface area (Å²) in [5.41, 5.74) is 1.98. The zero-order chi connectivity index (χ0) is 20.2. The normalized spacial score (nSPS) is 14.8. The lowest BCUT2D eigenvalue weighted by Gasteiger charge is -2.18. The van der Waals surface area contributed by atoms with E-state index in [1.807, 2.05) is 35.1 Å². The summed E-state index contributed by atoms with van der Waals surface area (Å²) >= 11 is 1.71. The summed E-state index contributed by atoms with van der Waals surface area (Å²) in [5.74, 6) is 1.39. The summed E-state index contributed by atoms with van der Waals surface area (Å²) < 4.78 is 6.85. The van der Waals surface area contributed by atoms with Crippen LogP contribution in [0.2, 0.25) is 0 Å². The Hall–Kier alpha value is -3.07. The summed E-state index contributed by atoms with van der Waals surface area (Å²) in [6, 6.07) is 12.4. The number of pyridine rings is 1. The summed E-state index contributed by atoms with van der Waals surface area (Å²) in [4.78, 5) is 26.1. The van der Waals surface area contributed by atoms with Crippen molar-refractivity contribution >= 4 is 35.1 Å². The number of carbonyl (C=O) groups excluding carboxylic acids is 2. The first-order chi connectivity index (χ1) is 14.2. The second-order valence-corrected chi connectivity index (χ2v) is 7.59. The lowest BCUT2D eigenvalue weighted by Crippen LogP contribution is -2.30. The van der Waals surface area contributed by atoms with Crippen LogP contribution >= 0.6 is 11.8 Å². The molecule has 1 N–H and O–H groups in total. The fourth-order valence-corrected chi connectivity index (χ4v) is 3.73. The Kier molecular flexibility index (Phi) is 5.66. The molecule has 0 bridgehead atoms. The van der Waals surface area contributed by atoms with Gasteiger partial charge in [-0.2, -0.15) is 11.8 Å². The van der Waals surface area contributed by atoms with Crippen molar-refractivity contribution in [3.8, 4) is 0 Å². The van der Waals surface area contributed by atoms with E-state index in [1.54, 1.807) is 40.9 Å². The number of rotatable bonds is 7. The molecular formula is C20H21N5O3S. The Balaban J connectivity index is 1.53. The third kappa shape index (κ3) is 4.04. The number of aromatic nitrogens is 3. The van der Waals surface area contributed by atoms with Crippen molar-refractivity contribution in [2.24, 2.45) is 0 Å². The second-order valence-electron chi connectivity index (χ2n) is 6.61. The van der Waals surface area contributed by atoms with Gasteiger partial charge in [0, 0.05) is 17.4 Å². The molecule has 2 aromatic heterocycles. The fourth-order valence-electron chi connectivity index (χ4n) is 3.26. The van der Waals surface area contributed by atoms with Crippen LogP contribution < -0.4 is 10.2 Å². The first-order valence-corrected chi connectivity index (χ1v) is 10.7. The molecule has 1 atom stereocenters. The van der Waals surface area contributed by atoms with Gasteiger partial charge in [0.05, 0.1) is 12.6 Å². The molecule has 1 aliphatic rings. The highest BCUT2D eigenvalue weighted by molar-refractivity contribution is 7.98. The highest BCUT2D eigenvalue weighted by atomic mass is 32.2. The summed E-state index contributed by atoms with van der Waals surface area (Å²) in [7, 11) is 0. The van der Waals surface area contributed by atoms with Crippen molar-refractivity contribution < 1.29 is 14.3 Å². The number of benzene rings is 1. The number of fused-ring (bicyclic) bond motifs is 1. The average Bonchev–Trinajstić information content (AvgIpc) is 3.37. The maximum atomic E-state index is 12.9. The number of hydrogen-bond acceptors (Lipinski definition) is 6. The number of nitrogens with zero attached hydrogens (tertiary/aromatic N) is 4. The minimum Gasteiger partial charge on any atom is -0.447 e. The van der Waals surface area contributed by atoms with Crippen LogP contribution in [0.1, 0.15) is 28.6 Å². The van der Waals surface area contributed by atoms with Gasteiger partial charge >= 0.3 is 6.09 Å². The number of ether oxygens (including phenoxy) is 1. The zero-order valence-electron chi connectivity index (χ0n) is 15.9. The largest absolute Gasteiger partial charge is 0.447 e. The van der Waals surface area contributed by atoms with E-state index in [0.29, 0.717) is 30.2 Å². The molecule has 29 heavy (non-hydrogen) atoms. The van der Waals surface area contributed by atoms with Gasteiger partial charge in [-0.3, -0.25) is 14.1 Å². The monoisotopic (exact) mass is 411 g/mol. The molecule has 3 aromatic rings. The van der Waals surface area contributed by atoms with E-state index in [-0.39, 0.29) is 18.0 Å². The van der Waals surface area contributed by atoms with Gasteiger partial charge in [-0.25, -0.2) is 4.79 Å². The second kappa shape index (κ2) is 8.52. The molecule has 1 aliphatic heterocycles. The van der Waals surface area contributed by atoms with Gasteiger partial charge in [0.15, 0.2) is 11.5 Å². The predicted octanol–water partition coefficient (Wildman–Crippen LogP) is 2.91. The smallest absolute Gasteiger partial charge is 0.414 e. The SMILES string of the molecule is CSCCC(NC(=O)c1ccc(N2CCOC2=O)cc1)c1nnc2ccccn12. The van der Waals surface area contributed by atoms with Crippen LogP contribution in [0.4, 0.5) is 10.5 Å². The number of carbonyl (C=O) groups is 2. The van der Waals surface area contributed by atoms with E-state index in [1.165, 1.54) is 0 Å². The van der Waals surface area contributed by atoms with Crippen LogP contribution in [0.25, 0.3) is 5.65 Å². The number of nitrogens with one attached hydrogen (secondary N) is 1. The van der Waals surface area contributed by atoms with Crippen LogP contribution in [-0.4, -0.2) is 51.8 Å². The maximum absolute atomic E-state index is 12.9. The molecule has 2 amide bonds. The molecule has 0 spiro atoms. The molecule has 0 saturated carbocycles. The number of amides is 2. The van der Waals surface area contributed by atoms with Crippen molar-refractivity contribution in [1.82, 2.24) is 19.9 Å². The third-order valence-electron chi connectivity index (χ3n) is 4.77. The van der Waals surface area contributed by atoms with Crippen LogP contribution in [0, 0.1) is 0 Å². The average molecular weight is 411 g/mol. The van der Waals surface area contributed by atoms with Gasteiger partial charge in [0.2, 0.25) is 0 Å². The Morgan fingerprint density at radius 1 is 1.24 bits per heavy atom. The van der Waals surface area contributed by atoms with E-state index in [0.717, 1.165) is 17.8 Å². The van der Waals surface area contributed by atoms with Crippen molar-refractivity contribution in [2.45, 2.75) is 12.5 Å². The molecule has 1 unspecified atom stereocenters. The predicted molar refractivity (Wildman–Crippen MR) is 111 cm³/mol. The molecule has 9 heteroatoms. The standard InChI is InChI=1S/C20H21N5O3S/c1-29-13-9-16(18-23-22-17-4-2-3-10-25(17)18)21-19(26)14-5-7-15(8-6-14)24-11-12-28-20(24)27/h2-8,10,16H,9,11-13H2,1H3,(H,21,26). The zero-order valence-corrected chi connectivity index (χ0v) is 16.8. The first kappa shape index (κ1) is 19.3. The van der Waals surface area contributed by atoms with E-state index in [4.69, 9.17) is 4.74 Å². The number of cyclic esters (lactones) is 1. The van der Waals surface area contributed by atoms with E-state index in [9.17, 15) is 9.59 Å². The van der Waals surface area contributed by atoms with Crippen molar-refractivity contribution in [2.75, 3.05) is 30.1 Å².